The van der Waals surface area contributed by atoms with Gasteiger partial charge in [-0.1, -0.05) is 59.6 Å². The maximum atomic E-state index is 12.8. The quantitative estimate of drug-likeness (QED) is 0.383. The molecule has 0 N–H and O–H groups in total. The van der Waals surface area contributed by atoms with Crippen LogP contribution in [0.1, 0.15) is 61.8 Å². The summed E-state index contributed by atoms with van der Waals surface area (Å²) in [5.74, 6) is 0.271. The predicted octanol–water partition coefficient (Wildman–Crippen LogP) is 8.59. The van der Waals surface area contributed by atoms with Crippen LogP contribution in [0.3, 0.4) is 0 Å². The largest absolute Gasteiger partial charge is 0.300 e. The second kappa shape index (κ2) is 10.1. The van der Waals surface area contributed by atoms with E-state index in [9.17, 15) is 4.79 Å². The van der Waals surface area contributed by atoms with Gasteiger partial charge >= 0.3 is 0 Å². The van der Waals surface area contributed by atoms with Gasteiger partial charge in [-0.3, -0.25) is 4.79 Å². The topological polar surface area (TPSA) is 17.1 Å². The van der Waals surface area contributed by atoms with Crippen molar-refractivity contribution >= 4 is 40.1 Å². The Balaban J connectivity index is 1.44. The van der Waals surface area contributed by atoms with Crippen LogP contribution in [-0.2, 0) is 17.6 Å². The Hall–Kier alpha value is -2.35. The number of rotatable bonds is 8. The highest BCUT2D eigenvalue weighted by Crippen LogP contribution is 2.34. The molecule has 0 fully saturated rings. The fourth-order valence-corrected chi connectivity index (χ4v) is 5.06. The van der Waals surface area contributed by atoms with E-state index in [2.05, 4.69) is 50.3 Å². The highest BCUT2D eigenvalue weighted by molar-refractivity contribution is 6.31. The van der Waals surface area contributed by atoms with Crippen LogP contribution in [0, 0.1) is 0 Å². The standard InChI is InChI=1S/C29H28Cl2O/c1-19-5-3-7-26(19)28-15-11-23(30)17-21(28)9-13-25(32)14-10-22-18-24(31)12-16-29(22)27-8-4-6-20(27)2/h3-6,11-12,15-18H,7-10,13-14H2,1-2H3. The molecule has 0 unspecified atom stereocenters. The van der Waals surface area contributed by atoms with Crippen molar-refractivity contribution in [2.75, 3.05) is 0 Å². The van der Waals surface area contributed by atoms with Gasteiger partial charge in [-0.05, 0) is 108 Å². The molecule has 32 heavy (non-hydrogen) atoms. The lowest BCUT2D eigenvalue weighted by atomic mass is 9.91. The molecule has 164 valence electrons. The summed E-state index contributed by atoms with van der Waals surface area (Å²) in [6.07, 6.45) is 13.0. The summed E-state index contributed by atoms with van der Waals surface area (Å²) in [4.78, 5) is 12.8. The van der Waals surface area contributed by atoms with E-state index in [0.29, 0.717) is 25.7 Å². The minimum absolute atomic E-state index is 0.271. The molecule has 2 aliphatic rings. The molecule has 0 amide bonds. The molecule has 3 heteroatoms. The van der Waals surface area contributed by atoms with E-state index in [-0.39, 0.29) is 5.78 Å². The Morgan fingerprint density at radius 1 is 0.750 bits per heavy atom. The second-order valence-electron chi connectivity index (χ2n) is 8.68. The van der Waals surface area contributed by atoms with Crippen molar-refractivity contribution in [3.05, 3.63) is 104 Å². The molecular formula is C29H28Cl2O. The number of hydrogen-bond donors (Lipinski definition) is 0. The van der Waals surface area contributed by atoms with Crippen LogP contribution >= 0.6 is 23.2 Å². The van der Waals surface area contributed by atoms with Crippen molar-refractivity contribution in [3.63, 3.8) is 0 Å². The van der Waals surface area contributed by atoms with Gasteiger partial charge in [-0.25, -0.2) is 0 Å². The van der Waals surface area contributed by atoms with Crippen molar-refractivity contribution in [1.82, 2.24) is 0 Å². The summed E-state index contributed by atoms with van der Waals surface area (Å²) >= 11 is 12.6. The van der Waals surface area contributed by atoms with Gasteiger partial charge in [0, 0.05) is 22.9 Å². The average molecular weight is 463 g/mol. The number of carbonyl (C=O) groups is 1. The highest BCUT2D eigenvalue weighted by atomic mass is 35.5. The average Bonchev–Trinajstić information content (AvgIpc) is 3.39. The second-order valence-corrected chi connectivity index (χ2v) is 9.55. The van der Waals surface area contributed by atoms with E-state index < -0.39 is 0 Å². The summed E-state index contributed by atoms with van der Waals surface area (Å²) in [6.45, 7) is 4.28. The third-order valence-corrected chi connectivity index (χ3v) is 6.93. The molecule has 0 radical (unpaired) electrons. The maximum Gasteiger partial charge on any atom is 0.133 e. The first-order valence-electron chi connectivity index (χ1n) is 11.2. The molecule has 0 atom stereocenters. The van der Waals surface area contributed by atoms with Gasteiger partial charge in [0.05, 0.1) is 0 Å². The predicted molar refractivity (Wildman–Crippen MR) is 137 cm³/mol. The first kappa shape index (κ1) is 22.8. The molecule has 0 saturated heterocycles. The lowest BCUT2D eigenvalue weighted by Gasteiger charge is -2.14. The number of ketones is 1. The van der Waals surface area contributed by atoms with Gasteiger partial charge in [0.25, 0.3) is 0 Å². The third kappa shape index (κ3) is 5.17. The van der Waals surface area contributed by atoms with E-state index in [4.69, 9.17) is 23.2 Å². The number of aryl methyl sites for hydroxylation is 2. The third-order valence-electron chi connectivity index (χ3n) is 6.46. The number of benzene rings is 2. The summed E-state index contributed by atoms with van der Waals surface area (Å²) in [5.41, 5.74) is 10.0. The molecule has 0 saturated carbocycles. The minimum atomic E-state index is 0.271. The molecule has 2 aromatic rings. The Morgan fingerprint density at radius 2 is 1.19 bits per heavy atom. The molecule has 2 aromatic carbocycles. The first-order valence-corrected chi connectivity index (χ1v) is 12.0. The number of carbonyl (C=O) groups excluding carboxylic acids is 1. The van der Waals surface area contributed by atoms with Gasteiger partial charge in [0.2, 0.25) is 0 Å². The molecule has 0 bridgehead atoms. The molecule has 1 nitrogen and oxygen atoms in total. The SMILES string of the molecule is CC1=C(c2ccc(Cl)cc2CCC(=O)CCc2cc(Cl)ccc2C2=C(C)C=CC2)CC=C1. The fraction of sp³-hybridized carbons (Fsp3) is 0.276. The molecular weight excluding hydrogens is 435 g/mol. The fourth-order valence-electron chi connectivity index (χ4n) is 4.68. The maximum absolute atomic E-state index is 12.8. The van der Waals surface area contributed by atoms with Gasteiger partial charge in [-0.2, -0.15) is 0 Å². The van der Waals surface area contributed by atoms with Crippen LogP contribution in [0.4, 0.5) is 0 Å². The molecule has 0 spiro atoms. The monoisotopic (exact) mass is 462 g/mol. The highest BCUT2D eigenvalue weighted by Gasteiger charge is 2.16. The molecule has 0 aromatic heterocycles. The summed E-state index contributed by atoms with van der Waals surface area (Å²) < 4.78 is 0. The first-order chi connectivity index (χ1) is 15.4. The van der Waals surface area contributed by atoms with Gasteiger partial charge < -0.3 is 0 Å². The lowest BCUT2D eigenvalue weighted by molar-refractivity contribution is -0.119. The molecule has 2 aliphatic carbocycles. The Morgan fingerprint density at radius 3 is 1.56 bits per heavy atom. The summed E-state index contributed by atoms with van der Waals surface area (Å²) in [5, 5.41) is 1.44. The van der Waals surface area contributed by atoms with Crippen molar-refractivity contribution < 1.29 is 4.79 Å². The van der Waals surface area contributed by atoms with Crippen LogP contribution in [0.15, 0.2) is 71.8 Å². The Labute approximate surface area is 201 Å². The smallest absolute Gasteiger partial charge is 0.133 e. The van der Waals surface area contributed by atoms with E-state index in [1.54, 1.807) is 0 Å². The van der Waals surface area contributed by atoms with Gasteiger partial charge in [0.15, 0.2) is 0 Å². The number of allylic oxidation sites excluding steroid dienone is 8. The van der Waals surface area contributed by atoms with Crippen molar-refractivity contribution in [1.29, 1.82) is 0 Å². The van der Waals surface area contributed by atoms with E-state index in [1.807, 2.05) is 24.3 Å². The zero-order chi connectivity index (χ0) is 22.7. The van der Waals surface area contributed by atoms with E-state index >= 15 is 0 Å². The van der Waals surface area contributed by atoms with Crippen molar-refractivity contribution in [2.24, 2.45) is 0 Å². The van der Waals surface area contributed by atoms with Gasteiger partial charge in [-0.15, -0.1) is 0 Å². The Bertz CT molecular complexity index is 1090. The summed E-state index contributed by atoms with van der Waals surface area (Å²) in [7, 11) is 0. The van der Waals surface area contributed by atoms with Crippen LogP contribution < -0.4 is 0 Å². The molecule has 0 aliphatic heterocycles. The van der Waals surface area contributed by atoms with E-state index in [1.165, 1.54) is 33.4 Å². The van der Waals surface area contributed by atoms with Crippen LogP contribution in [0.5, 0.6) is 0 Å². The van der Waals surface area contributed by atoms with Gasteiger partial charge in [0.1, 0.15) is 5.78 Å². The van der Waals surface area contributed by atoms with Crippen molar-refractivity contribution in [2.45, 2.75) is 52.4 Å². The van der Waals surface area contributed by atoms with Crippen molar-refractivity contribution in [3.8, 4) is 0 Å². The normalized spacial score (nSPS) is 15.4. The zero-order valence-corrected chi connectivity index (χ0v) is 20.2. The lowest BCUT2D eigenvalue weighted by Crippen LogP contribution is -2.05. The number of halogens is 2. The van der Waals surface area contributed by atoms with Crippen LogP contribution in [0.25, 0.3) is 11.1 Å². The van der Waals surface area contributed by atoms with Crippen LogP contribution in [0.2, 0.25) is 10.0 Å². The number of hydrogen-bond acceptors (Lipinski definition) is 1. The van der Waals surface area contributed by atoms with Crippen LogP contribution in [-0.4, -0.2) is 5.78 Å². The minimum Gasteiger partial charge on any atom is -0.300 e. The number of Topliss-reactive ketones (excluding diaryl/α,β-unsaturated/α-hetero) is 1. The molecule has 4 rings (SSSR count). The van der Waals surface area contributed by atoms with E-state index in [0.717, 1.165) is 34.0 Å². The molecule has 0 heterocycles. The Kier molecular flexibility index (Phi) is 7.18. The summed E-state index contributed by atoms with van der Waals surface area (Å²) in [6, 6.07) is 12.1. The zero-order valence-electron chi connectivity index (χ0n) is 18.7.